The molecule has 2 atom stereocenters. The molecule has 0 saturated carbocycles. The predicted molar refractivity (Wildman–Crippen MR) is 65.6 cm³/mol. The first kappa shape index (κ1) is 14.1. The Labute approximate surface area is 103 Å². The van der Waals surface area contributed by atoms with Gasteiger partial charge >= 0.3 is 0 Å². The molecule has 5 heteroatoms. The van der Waals surface area contributed by atoms with Crippen LogP contribution in [0, 0.1) is 5.92 Å². The molecule has 1 aromatic rings. The molecule has 0 bridgehead atoms. The second-order valence-electron chi connectivity index (χ2n) is 4.36. The third-order valence-electron chi connectivity index (χ3n) is 2.72. The maximum atomic E-state index is 5.64. The largest absolute Gasteiger partial charge is 0.370 e. The maximum Gasteiger partial charge on any atom is 0.243 e. The summed E-state index contributed by atoms with van der Waals surface area (Å²) in [7, 11) is 1.89. The molecule has 0 amide bonds. The Balaban J connectivity index is 2.84. The van der Waals surface area contributed by atoms with Crippen molar-refractivity contribution < 1.29 is 9.26 Å². The van der Waals surface area contributed by atoms with Gasteiger partial charge in [-0.1, -0.05) is 25.9 Å². The van der Waals surface area contributed by atoms with E-state index in [4.69, 9.17) is 9.26 Å². The van der Waals surface area contributed by atoms with Gasteiger partial charge in [0.2, 0.25) is 11.7 Å². The minimum atomic E-state index is -0.0909. The lowest BCUT2D eigenvalue weighted by atomic mass is 10.1. The molecule has 1 rings (SSSR count). The summed E-state index contributed by atoms with van der Waals surface area (Å²) < 4.78 is 10.9. The first-order chi connectivity index (χ1) is 8.13. The van der Waals surface area contributed by atoms with E-state index in [1.165, 1.54) is 0 Å². The lowest BCUT2D eigenvalue weighted by Gasteiger charge is -2.16. The van der Waals surface area contributed by atoms with Crippen molar-refractivity contribution in [1.29, 1.82) is 0 Å². The molecule has 0 saturated heterocycles. The molecule has 1 N–H and O–H groups in total. The fourth-order valence-corrected chi connectivity index (χ4v) is 1.75. The molecule has 0 aliphatic heterocycles. The van der Waals surface area contributed by atoms with Crippen molar-refractivity contribution in [3.8, 4) is 0 Å². The summed E-state index contributed by atoms with van der Waals surface area (Å²) in [6.45, 7) is 8.87. The van der Waals surface area contributed by atoms with Gasteiger partial charge in [0, 0.05) is 6.61 Å². The van der Waals surface area contributed by atoms with Crippen LogP contribution in [0.25, 0.3) is 0 Å². The first-order valence-corrected chi connectivity index (χ1v) is 6.26. The highest BCUT2D eigenvalue weighted by atomic mass is 16.5. The first-order valence-electron chi connectivity index (χ1n) is 6.26. The minimum Gasteiger partial charge on any atom is -0.370 e. The van der Waals surface area contributed by atoms with Crippen molar-refractivity contribution in [1.82, 2.24) is 15.5 Å². The van der Waals surface area contributed by atoms with Crippen LogP contribution in [0.3, 0.4) is 0 Å². The van der Waals surface area contributed by atoms with Crippen LogP contribution in [0.5, 0.6) is 0 Å². The van der Waals surface area contributed by atoms with Crippen molar-refractivity contribution in [2.45, 2.75) is 46.3 Å². The zero-order chi connectivity index (χ0) is 12.8. The van der Waals surface area contributed by atoms with Crippen LogP contribution < -0.4 is 5.32 Å². The Morgan fingerprint density at radius 1 is 1.35 bits per heavy atom. The smallest absolute Gasteiger partial charge is 0.243 e. The van der Waals surface area contributed by atoms with E-state index in [1.807, 2.05) is 14.0 Å². The van der Waals surface area contributed by atoms with Gasteiger partial charge in [0.1, 0.15) is 6.10 Å². The Hall–Kier alpha value is -0.940. The van der Waals surface area contributed by atoms with Crippen LogP contribution in [-0.2, 0) is 4.74 Å². The van der Waals surface area contributed by atoms with E-state index < -0.39 is 0 Å². The lowest BCUT2D eigenvalue weighted by Crippen LogP contribution is -2.16. The number of nitrogens with zero attached hydrogens (tertiary/aromatic N) is 2. The molecule has 1 aromatic heterocycles. The van der Waals surface area contributed by atoms with Crippen LogP contribution >= 0.6 is 0 Å². The van der Waals surface area contributed by atoms with Crippen LogP contribution in [0.4, 0.5) is 0 Å². The number of nitrogens with one attached hydrogen (secondary N) is 1. The normalized spacial score (nSPS) is 15.2. The summed E-state index contributed by atoms with van der Waals surface area (Å²) in [6.07, 6.45) is 0.825. The monoisotopic (exact) mass is 241 g/mol. The molecule has 0 aliphatic rings. The summed E-state index contributed by atoms with van der Waals surface area (Å²) in [4.78, 5) is 4.43. The fraction of sp³-hybridized carbons (Fsp3) is 0.833. The Morgan fingerprint density at radius 3 is 2.53 bits per heavy atom. The highest BCUT2D eigenvalue weighted by molar-refractivity contribution is 4.96. The van der Waals surface area contributed by atoms with Gasteiger partial charge in [-0.2, -0.15) is 4.98 Å². The van der Waals surface area contributed by atoms with Crippen molar-refractivity contribution in [3.05, 3.63) is 11.7 Å². The van der Waals surface area contributed by atoms with Gasteiger partial charge in [0.05, 0.1) is 6.04 Å². The van der Waals surface area contributed by atoms with E-state index >= 15 is 0 Å². The highest BCUT2D eigenvalue weighted by Crippen LogP contribution is 2.24. The summed E-state index contributed by atoms with van der Waals surface area (Å²) >= 11 is 0. The number of aromatic nitrogens is 2. The standard InChI is InChI=1S/C12H23N3O2/c1-6-9(13-5)12-14-11(15-17-12)10(8(3)4)16-7-2/h8-10,13H,6-7H2,1-5H3. The molecule has 17 heavy (non-hydrogen) atoms. The van der Waals surface area contributed by atoms with Gasteiger partial charge < -0.3 is 14.6 Å². The molecule has 0 aliphatic carbocycles. The second kappa shape index (κ2) is 6.71. The average Bonchev–Trinajstić information content (AvgIpc) is 2.76. The quantitative estimate of drug-likeness (QED) is 0.794. The van der Waals surface area contributed by atoms with Gasteiger partial charge in [0.25, 0.3) is 0 Å². The summed E-state index contributed by atoms with van der Waals surface area (Å²) in [6, 6.07) is 0.116. The summed E-state index contributed by atoms with van der Waals surface area (Å²) in [5.41, 5.74) is 0. The second-order valence-corrected chi connectivity index (χ2v) is 4.36. The van der Waals surface area contributed by atoms with Crippen molar-refractivity contribution in [3.63, 3.8) is 0 Å². The van der Waals surface area contributed by atoms with E-state index in [-0.39, 0.29) is 12.1 Å². The van der Waals surface area contributed by atoms with Crippen molar-refractivity contribution >= 4 is 0 Å². The van der Waals surface area contributed by atoms with Gasteiger partial charge in [-0.15, -0.1) is 0 Å². The van der Waals surface area contributed by atoms with Crippen molar-refractivity contribution in [2.75, 3.05) is 13.7 Å². The molecule has 1 heterocycles. The van der Waals surface area contributed by atoms with Crippen LogP contribution in [0.15, 0.2) is 4.52 Å². The summed E-state index contributed by atoms with van der Waals surface area (Å²) in [5, 5.41) is 7.17. The highest BCUT2D eigenvalue weighted by Gasteiger charge is 2.24. The van der Waals surface area contributed by atoms with Crippen LogP contribution in [-0.4, -0.2) is 23.8 Å². The lowest BCUT2D eigenvalue weighted by molar-refractivity contribution is 0.0217. The zero-order valence-corrected chi connectivity index (χ0v) is 11.4. The maximum absolute atomic E-state index is 5.64. The molecular formula is C12H23N3O2. The molecule has 0 aromatic carbocycles. The van der Waals surface area contributed by atoms with Gasteiger partial charge in [-0.3, -0.25) is 0 Å². The Kier molecular flexibility index (Phi) is 5.58. The van der Waals surface area contributed by atoms with Gasteiger partial charge in [0.15, 0.2) is 0 Å². The number of hydrogen-bond donors (Lipinski definition) is 1. The molecule has 98 valence electrons. The molecule has 0 fully saturated rings. The van der Waals surface area contributed by atoms with E-state index in [2.05, 4.69) is 36.2 Å². The molecule has 5 nitrogen and oxygen atoms in total. The Bertz CT molecular complexity index is 321. The van der Waals surface area contributed by atoms with E-state index in [0.717, 1.165) is 6.42 Å². The fourth-order valence-electron chi connectivity index (χ4n) is 1.75. The number of ether oxygens (including phenoxy) is 1. The van der Waals surface area contributed by atoms with Crippen LogP contribution in [0.2, 0.25) is 0 Å². The number of rotatable bonds is 7. The third kappa shape index (κ3) is 3.51. The van der Waals surface area contributed by atoms with Crippen LogP contribution in [0.1, 0.15) is 58.0 Å². The van der Waals surface area contributed by atoms with E-state index in [9.17, 15) is 0 Å². The topological polar surface area (TPSA) is 60.2 Å². The third-order valence-corrected chi connectivity index (χ3v) is 2.72. The average molecular weight is 241 g/mol. The van der Waals surface area contributed by atoms with E-state index in [0.29, 0.717) is 24.2 Å². The van der Waals surface area contributed by atoms with Gasteiger partial charge in [-0.05, 0) is 26.3 Å². The number of hydrogen-bond acceptors (Lipinski definition) is 5. The molecule has 0 spiro atoms. The minimum absolute atomic E-state index is 0.0909. The Morgan fingerprint density at radius 2 is 2.06 bits per heavy atom. The SMILES string of the molecule is CCOC(c1noc(C(CC)NC)n1)C(C)C. The summed E-state index contributed by atoms with van der Waals surface area (Å²) in [5.74, 6) is 1.61. The van der Waals surface area contributed by atoms with E-state index in [1.54, 1.807) is 0 Å². The van der Waals surface area contributed by atoms with Crippen molar-refractivity contribution in [2.24, 2.45) is 5.92 Å². The zero-order valence-electron chi connectivity index (χ0n) is 11.4. The molecule has 0 radical (unpaired) electrons. The van der Waals surface area contributed by atoms with Gasteiger partial charge in [-0.25, -0.2) is 0 Å². The molecule has 2 unspecified atom stereocenters. The predicted octanol–water partition coefficient (Wildman–Crippen LogP) is 2.47. The molecular weight excluding hydrogens is 218 g/mol.